The summed E-state index contributed by atoms with van der Waals surface area (Å²) in [4.78, 5) is 15.7. The van der Waals surface area contributed by atoms with Crippen LogP contribution in [0.1, 0.15) is 50.0 Å². The molecule has 1 aromatic heterocycles. The molecule has 1 aliphatic rings. The summed E-state index contributed by atoms with van der Waals surface area (Å²) in [5.74, 6) is -0.337. The van der Waals surface area contributed by atoms with Crippen LogP contribution in [0.15, 0.2) is 5.38 Å². The largest absolute Gasteiger partial charge is 0.461 e. The zero-order valence-corrected chi connectivity index (χ0v) is 11.1. The van der Waals surface area contributed by atoms with Gasteiger partial charge >= 0.3 is 5.97 Å². The number of anilines is 1. The van der Waals surface area contributed by atoms with Crippen molar-refractivity contribution in [3.05, 3.63) is 11.1 Å². The summed E-state index contributed by atoms with van der Waals surface area (Å²) in [5, 5.41) is 6.04. The van der Waals surface area contributed by atoms with Crippen LogP contribution in [0.2, 0.25) is 0 Å². The number of carbonyl (C=O) groups is 1. The van der Waals surface area contributed by atoms with E-state index in [1.54, 1.807) is 12.3 Å². The number of esters is 1. The predicted molar refractivity (Wildman–Crippen MR) is 68.6 cm³/mol. The average Bonchev–Trinajstić information content (AvgIpc) is 2.72. The minimum atomic E-state index is -0.337. The summed E-state index contributed by atoms with van der Waals surface area (Å²) in [6.45, 7) is 4.37. The standard InChI is InChI=1S/C12H18N2O2S/c1-3-12(6-5-7-12)14-11-13-9(8-17-11)10(15)16-4-2/h8H,3-7H2,1-2H3,(H,13,14). The normalized spacial score (nSPS) is 17.3. The maximum Gasteiger partial charge on any atom is 0.357 e. The molecular formula is C12H18N2O2S. The first kappa shape index (κ1) is 12.4. The molecule has 5 heteroatoms. The summed E-state index contributed by atoms with van der Waals surface area (Å²) < 4.78 is 4.92. The van der Waals surface area contributed by atoms with Crippen molar-refractivity contribution >= 4 is 22.4 Å². The molecule has 1 aromatic rings. The first-order valence-electron chi connectivity index (χ1n) is 6.10. The number of nitrogens with one attached hydrogen (secondary N) is 1. The third-order valence-corrected chi connectivity index (χ3v) is 4.11. The highest BCUT2D eigenvalue weighted by Crippen LogP contribution is 2.38. The topological polar surface area (TPSA) is 51.2 Å². The van der Waals surface area contributed by atoms with Crippen molar-refractivity contribution in [3.8, 4) is 0 Å². The van der Waals surface area contributed by atoms with E-state index in [4.69, 9.17) is 4.74 Å². The van der Waals surface area contributed by atoms with Crippen LogP contribution >= 0.6 is 11.3 Å². The van der Waals surface area contributed by atoms with Gasteiger partial charge in [-0.05, 0) is 32.6 Å². The highest BCUT2D eigenvalue weighted by molar-refractivity contribution is 7.13. The second-order valence-electron chi connectivity index (χ2n) is 4.37. The van der Waals surface area contributed by atoms with Crippen LogP contribution < -0.4 is 5.32 Å². The molecule has 0 aliphatic heterocycles. The van der Waals surface area contributed by atoms with E-state index < -0.39 is 0 Å². The van der Waals surface area contributed by atoms with Gasteiger partial charge in [-0.15, -0.1) is 11.3 Å². The van der Waals surface area contributed by atoms with Crippen LogP contribution in [0.25, 0.3) is 0 Å². The molecule has 0 spiro atoms. The fourth-order valence-electron chi connectivity index (χ4n) is 2.03. The molecule has 2 rings (SSSR count). The lowest BCUT2D eigenvalue weighted by Gasteiger charge is -2.41. The highest BCUT2D eigenvalue weighted by atomic mass is 32.1. The lowest BCUT2D eigenvalue weighted by Crippen LogP contribution is -2.44. The Hall–Kier alpha value is -1.10. The van der Waals surface area contributed by atoms with Crippen LogP contribution in [-0.2, 0) is 4.74 Å². The van der Waals surface area contributed by atoms with Gasteiger partial charge in [0.25, 0.3) is 0 Å². The Bertz CT molecular complexity index is 393. The van der Waals surface area contributed by atoms with Gasteiger partial charge in [-0.1, -0.05) is 6.92 Å². The van der Waals surface area contributed by atoms with Crippen LogP contribution in [-0.4, -0.2) is 23.1 Å². The fourth-order valence-corrected chi connectivity index (χ4v) is 2.83. The van der Waals surface area contributed by atoms with E-state index in [0.717, 1.165) is 11.6 Å². The van der Waals surface area contributed by atoms with Crippen molar-refractivity contribution in [2.24, 2.45) is 0 Å². The van der Waals surface area contributed by atoms with Gasteiger partial charge in [0.2, 0.25) is 0 Å². The van der Waals surface area contributed by atoms with E-state index in [1.807, 2.05) is 0 Å². The van der Waals surface area contributed by atoms with Crippen LogP contribution in [0.5, 0.6) is 0 Å². The predicted octanol–water partition coefficient (Wildman–Crippen LogP) is 3.06. The van der Waals surface area contributed by atoms with Gasteiger partial charge < -0.3 is 10.1 Å². The number of hydrogen-bond acceptors (Lipinski definition) is 5. The van der Waals surface area contributed by atoms with Gasteiger partial charge in [-0.2, -0.15) is 0 Å². The summed E-state index contributed by atoms with van der Waals surface area (Å²) in [6.07, 6.45) is 4.76. The van der Waals surface area contributed by atoms with E-state index in [2.05, 4.69) is 17.2 Å². The zero-order chi connectivity index (χ0) is 12.3. The monoisotopic (exact) mass is 254 g/mol. The molecular weight excluding hydrogens is 236 g/mol. The van der Waals surface area contributed by atoms with Crippen molar-refractivity contribution in [2.75, 3.05) is 11.9 Å². The minimum Gasteiger partial charge on any atom is -0.461 e. The summed E-state index contributed by atoms with van der Waals surface area (Å²) in [7, 11) is 0. The van der Waals surface area contributed by atoms with Crippen LogP contribution in [0.3, 0.4) is 0 Å². The Labute approximate surface area is 105 Å². The number of thiazole rings is 1. The Morgan fingerprint density at radius 2 is 2.35 bits per heavy atom. The SMILES string of the molecule is CCOC(=O)c1csc(NC2(CC)CCC2)n1. The zero-order valence-electron chi connectivity index (χ0n) is 10.3. The molecule has 1 N–H and O–H groups in total. The molecule has 0 unspecified atom stereocenters. The number of aromatic nitrogens is 1. The second-order valence-corrected chi connectivity index (χ2v) is 5.23. The van der Waals surface area contributed by atoms with Crippen molar-refractivity contribution in [1.29, 1.82) is 0 Å². The van der Waals surface area contributed by atoms with Crippen LogP contribution in [0.4, 0.5) is 5.13 Å². The van der Waals surface area contributed by atoms with E-state index in [0.29, 0.717) is 12.3 Å². The molecule has 1 fully saturated rings. The van der Waals surface area contributed by atoms with Gasteiger partial charge in [-0.3, -0.25) is 0 Å². The van der Waals surface area contributed by atoms with E-state index in [1.165, 1.54) is 30.6 Å². The van der Waals surface area contributed by atoms with Gasteiger partial charge in [0.15, 0.2) is 10.8 Å². The van der Waals surface area contributed by atoms with Crippen LogP contribution in [0, 0.1) is 0 Å². The van der Waals surface area contributed by atoms with E-state index in [9.17, 15) is 4.79 Å². The Morgan fingerprint density at radius 3 is 2.88 bits per heavy atom. The third kappa shape index (κ3) is 2.60. The fraction of sp³-hybridized carbons (Fsp3) is 0.667. The molecule has 17 heavy (non-hydrogen) atoms. The Kier molecular flexibility index (Phi) is 3.66. The first-order valence-corrected chi connectivity index (χ1v) is 6.98. The number of rotatable bonds is 5. The molecule has 0 radical (unpaired) electrons. The molecule has 0 bridgehead atoms. The Morgan fingerprint density at radius 1 is 1.59 bits per heavy atom. The highest BCUT2D eigenvalue weighted by Gasteiger charge is 2.35. The maximum atomic E-state index is 11.5. The summed E-state index contributed by atoms with van der Waals surface area (Å²) in [6, 6.07) is 0. The third-order valence-electron chi connectivity index (χ3n) is 3.35. The van der Waals surface area contributed by atoms with Gasteiger partial charge in [0, 0.05) is 10.9 Å². The Balaban J connectivity index is 2.01. The van der Waals surface area contributed by atoms with E-state index in [-0.39, 0.29) is 11.5 Å². The lowest BCUT2D eigenvalue weighted by molar-refractivity contribution is 0.0520. The molecule has 94 valence electrons. The molecule has 4 nitrogen and oxygen atoms in total. The van der Waals surface area contributed by atoms with Gasteiger partial charge in [0.1, 0.15) is 0 Å². The average molecular weight is 254 g/mol. The lowest BCUT2D eigenvalue weighted by atomic mass is 9.75. The smallest absolute Gasteiger partial charge is 0.357 e. The molecule has 0 aromatic carbocycles. The number of nitrogens with zero attached hydrogens (tertiary/aromatic N) is 1. The van der Waals surface area contributed by atoms with Crippen molar-refractivity contribution in [2.45, 2.75) is 45.1 Å². The summed E-state index contributed by atoms with van der Waals surface area (Å²) in [5.41, 5.74) is 0.619. The summed E-state index contributed by atoms with van der Waals surface area (Å²) >= 11 is 1.47. The van der Waals surface area contributed by atoms with Gasteiger partial charge in [-0.25, -0.2) is 9.78 Å². The molecule has 1 saturated carbocycles. The van der Waals surface area contributed by atoms with E-state index >= 15 is 0 Å². The second kappa shape index (κ2) is 5.04. The van der Waals surface area contributed by atoms with Crippen molar-refractivity contribution < 1.29 is 9.53 Å². The molecule has 0 saturated heterocycles. The number of carbonyl (C=O) groups excluding carboxylic acids is 1. The molecule has 0 amide bonds. The number of ether oxygens (including phenoxy) is 1. The maximum absolute atomic E-state index is 11.5. The van der Waals surface area contributed by atoms with Crippen molar-refractivity contribution in [3.63, 3.8) is 0 Å². The minimum absolute atomic E-state index is 0.212. The molecule has 1 aliphatic carbocycles. The first-order chi connectivity index (χ1) is 8.19. The van der Waals surface area contributed by atoms with Gasteiger partial charge in [0.05, 0.1) is 6.61 Å². The quantitative estimate of drug-likeness (QED) is 0.820. The number of hydrogen-bond donors (Lipinski definition) is 1. The molecule has 1 heterocycles. The van der Waals surface area contributed by atoms with Crippen molar-refractivity contribution in [1.82, 2.24) is 4.98 Å². The molecule has 0 atom stereocenters.